The Morgan fingerprint density at radius 3 is 2.57 bits per heavy atom. The summed E-state index contributed by atoms with van der Waals surface area (Å²) in [5.41, 5.74) is -0.411. The quantitative estimate of drug-likeness (QED) is 0.841. The van der Waals surface area contributed by atoms with Crippen LogP contribution in [-0.4, -0.2) is 38.4 Å². The average Bonchev–Trinajstić information content (AvgIpc) is 2.46. The van der Waals surface area contributed by atoms with Crippen LogP contribution in [0.15, 0.2) is 21.9 Å². The van der Waals surface area contributed by atoms with E-state index in [9.17, 15) is 14.4 Å². The highest BCUT2D eigenvalue weighted by molar-refractivity contribution is 5.76. The molecule has 0 aromatic carbocycles. The molecule has 3 heterocycles. The standard InChI is InChI=1S/C16H20N4O3/c1-10-17-13-8-14(22)20(9-12(13)15(23)18-10)16(3)4-6-19(7-5-16)11(2)21/h8-9H,4-7H2,1-3H3,(H,17,18,23). The van der Waals surface area contributed by atoms with Gasteiger partial charge in [0.05, 0.1) is 10.9 Å². The minimum Gasteiger partial charge on any atom is -0.343 e. The summed E-state index contributed by atoms with van der Waals surface area (Å²) in [7, 11) is 0. The number of H-pyrrole nitrogens is 1. The van der Waals surface area contributed by atoms with Gasteiger partial charge in [-0.1, -0.05) is 0 Å². The molecule has 2 aromatic heterocycles. The molecule has 0 unspecified atom stereocenters. The number of fused-ring (bicyclic) bond motifs is 1. The molecule has 3 rings (SSSR count). The normalized spacial score (nSPS) is 17.4. The zero-order valence-corrected chi connectivity index (χ0v) is 13.5. The zero-order chi connectivity index (χ0) is 16.8. The Balaban J connectivity index is 2.06. The van der Waals surface area contributed by atoms with Gasteiger partial charge in [-0.15, -0.1) is 0 Å². The van der Waals surface area contributed by atoms with Crippen LogP contribution in [0.3, 0.4) is 0 Å². The van der Waals surface area contributed by atoms with Crippen molar-refractivity contribution in [2.45, 2.75) is 39.2 Å². The van der Waals surface area contributed by atoms with Gasteiger partial charge in [0.25, 0.3) is 11.1 Å². The third kappa shape index (κ3) is 2.67. The average molecular weight is 316 g/mol. The van der Waals surface area contributed by atoms with E-state index in [1.54, 1.807) is 29.5 Å². The number of likely N-dealkylation sites (tertiary alicyclic amines) is 1. The van der Waals surface area contributed by atoms with Crippen molar-refractivity contribution in [1.82, 2.24) is 19.4 Å². The molecule has 0 atom stereocenters. The Bertz CT molecular complexity index is 888. The summed E-state index contributed by atoms with van der Waals surface area (Å²) < 4.78 is 1.62. The maximum atomic E-state index is 12.5. The maximum absolute atomic E-state index is 12.5. The summed E-state index contributed by atoms with van der Waals surface area (Å²) in [5, 5.41) is 0.408. The number of amides is 1. The number of pyridine rings is 1. The van der Waals surface area contributed by atoms with Crippen LogP contribution < -0.4 is 11.1 Å². The van der Waals surface area contributed by atoms with Crippen LogP contribution in [0.1, 0.15) is 32.5 Å². The van der Waals surface area contributed by atoms with Gasteiger partial charge in [-0.25, -0.2) is 4.98 Å². The molecule has 1 aliphatic heterocycles. The van der Waals surface area contributed by atoms with Crippen molar-refractivity contribution in [2.24, 2.45) is 0 Å². The Labute approximate surface area is 133 Å². The molecule has 0 radical (unpaired) electrons. The fraction of sp³-hybridized carbons (Fsp3) is 0.500. The second-order valence-electron chi connectivity index (χ2n) is 6.43. The first-order chi connectivity index (χ1) is 10.8. The van der Waals surface area contributed by atoms with Crippen molar-refractivity contribution in [3.8, 4) is 0 Å². The van der Waals surface area contributed by atoms with Gasteiger partial charge < -0.3 is 14.5 Å². The van der Waals surface area contributed by atoms with E-state index in [1.165, 1.54) is 6.07 Å². The van der Waals surface area contributed by atoms with E-state index in [-0.39, 0.29) is 17.0 Å². The lowest BCUT2D eigenvalue weighted by molar-refractivity contribution is -0.130. The minimum absolute atomic E-state index is 0.0500. The van der Waals surface area contributed by atoms with Gasteiger partial charge >= 0.3 is 0 Å². The van der Waals surface area contributed by atoms with Crippen molar-refractivity contribution < 1.29 is 4.79 Å². The molecule has 1 N–H and O–H groups in total. The van der Waals surface area contributed by atoms with Crippen LogP contribution in [0.4, 0.5) is 0 Å². The fourth-order valence-electron chi connectivity index (χ4n) is 3.20. The number of piperidine rings is 1. The number of aromatic nitrogens is 3. The number of hydrogen-bond donors (Lipinski definition) is 1. The van der Waals surface area contributed by atoms with E-state index >= 15 is 0 Å². The highest BCUT2D eigenvalue weighted by Gasteiger charge is 2.33. The lowest BCUT2D eigenvalue weighted by Gasteiger charge is -2.40. The van der Waals surface area contributed by atoms with Gasteiger partial charge in [-0.2, -0.15) is 0 Å². The molecule has 122 valence electrons. The van der Waals surface area contributed by atoms with E-state index in [2.05, 4.69) is 9.97 Å². The number of nitrogens with one attached hydrogen (secondary N) is 1. The lowest BCUT2D eigenvalue weighted by atomic mass is 9.89. The highest BCUT2D eigenvalue weighted by atomic mass is 16.2. The minimum atomic E-state index is -0.408. The largest absolute Gasteiger partial charge is 0.343 e. The molecule has 0 spiro atoms. The topological polar surface area (TPSA) is 88.1 Å². The van der Waals surface area contributed by atoms with Crippen molar-refractivity contribution >= 4 is 16.8 Å². The molecule has 7 heteroatoms. The molecule has 1 saturated heterocycles. The summed E-state index contributed by atoms with van der Waals surface area (Å²) in [6.45, 7) is 6.45. The zero-order valence-electron chi connectivity index (χ0n) is 13.5. The molecule has 0 bridgehead atoms. The third-order valence-electron chi connectivity index (χ3n) is 4.73. The summed E-state index contributed by atoms with van der Waals surface area (Å²) in [6, 6.07) is 1.42. The van der Waals surface area contributed by atoms with Crippen molar-refractivity contribution in [3.63, 3.8) is 0 Å². The number of aryl methyl sites for hydroxylation is 1. The van der Waals surface area contributed by atoms with Gasteiger partial charge in [-0.3, -0.25) is 14.4 Å². The number of nitrogens with zero attached hydrogens (tertiary/aromatic N) is 3. The smallest absolute Gasteiger partial charge is 0.260 e. The van der Waals surface area contributed by atoms with E-state index in [1.807, 2.05) is 6.92 Å². The van der Waals surface area contributed by atoms with Crippen LogP contribution >= 0.6 is 0 Å². The monoisotopic (exact) mass is 316 g/mol. The van der Waals surface area contributed by atoms with Gasteiger partial charge in [0.1, 0.15) is 5.82 Å². The third-order valence-corrected chi connectivity index (χ3v) is 4.73. The molecule has 2 aromatic rings. The van der Waals surface area contributed by atoms with E-state index in [0.29, 0.717) is 42.7 Å². The Morgan fingerprint density at radius 1 is 1.30 bits per heavy atom. The molecule has 23 heavy (non-hydrogen) atoms. The first-order valence-corrected chi connectivity index (χ1v) is 7.69. The molecular formula is C16H20N4O3. The lowest BCUT2D eigenvalue weighted by Crippen LogP contribution is -2.48. The molecular weight excluding hydrogens is 296 g/mol. The molecule has 1 aliphatic rings. The predicted octanol–water partition coefficient (Wildman–Crippen LogP) is 0.751. The highest BCUT2D eigenvalue weighted by Crippen LogP contribution is 2.28. The van der Waals surface area contributed by atoms with E-state index < -0.39 is 5.54 Å². The predicted molar refractivity (Wildman–Crippen MR) is 86.5 cm³/mol. The molecule has 7 nitrogen and oxygen atoms in total. The summed E-state index contributed by atoms with van der Waals surface area (Å²) >= 11 is 0. The first kappa shape index (κ1) is 15.5. The second kappa shape index (κ2) is 5.33. The van der Waals surface area contributed by atoms with Gasteiger partial charge in [0, 0.05) is 37.8 Å². The maximum Gasteiger partial charge on any atom is 0.260 e. The summed E-state index contributed by atoms with van der Waals surface area (Å²) in [4.78, 5) is 44.8. The van der Waals surface area contributed by atoms with Gasteiger partial charge in [-0.05, 0) is 26.7 Å². The first-order valence-electron chi connectivity index (χ1n) is 7.69. The second-order valence-corrected chi connectivity index (χ2v) is 6.43. The Morgan fingerprint density at radius 2 is 1.96 bits per heavy atom. The van der Waals surface area contributed by atoms with E-state index in [0.717, 1.165) is 0 Å². The molecule has 0 aliphatic carbocycles. The SMILES string of the molecule is CC(=O)N1CCC(C)(n2cc3c(=O)[nH]c(C)nc3cc2=O)CC1. The summed E-state index contributed by atoms with van der Waals surface area (Å²) in [6.07, 6.45) is 2.96. The van der Waals surface area contributed by atoms with Crippen LogP contribution in [0.25, 0.3) is 10.9 Å². The van der Waals surface area contributed by atoms with Gasteiger partial charge in [0.15, 0.2) is 0 Å². The molecule has 1 fully saturated rings. The van der Waals surface area contributed by atoms with Gasteiger partial charge in [0.2, 0.25) is 5.91 Å². The van der Waals surface area contributed by atoms with Crippen LogP contribution in [0.2, 0.25) is 0 Å². The Hall–Kier alpha value is -2.44. The number of aromatic amines is 1. The number of rotatable bonds is 1. The van der Waals surface area contributed by atoms with Crippen LogP contribution in [0.5, 0.6) is 0 Å². The molecule has 1 amide bonds. The van der Waals surface area contributed by atoms with Crippen molar-refractivity contribution in [2.75, 3.05) is 13.1 Å². The van der Waals surface area contributed by atoms with Crippen LogP contribution in [-0.2, 0) is 10.3 Å². The fourth-order valence-corrected chi connectivity index (χ4v) is 3.20. The van der Waals surface area contributed by atoms with Crippen molar-refractivity contribution in [3.05, 3.63) is 38.8 Å². The summed E-state index contributed by atoms with van der Waals surface area (Å²) in [5.74, 6) is 0.537. The number of carbonyl (C=O) groups is 1. The molecule has 0 saturated carbocycles. The van der Waals surface area contributed by atoms with Crippen molar-refractivity contribution in [1.29, 1.82) is 0 Å². The van der Waals surface area contributed by atoms with E-state index in [4.69, 9.17) is 0 Å². The Kier molecular flexibility index (Phi) is 3.58. The number of carbonyl (C=O) groups excluding carboxylic acids is 1. The van der Waals surface area contributed by atoms with Crippen LogP contribution in [0, 0.1) is 6.92 Å². The number of hydrogen-bond acceptors (Lipinski definition) is 4.